The standard InChI is InChI=1S/C27H30N6O5/c1-16-5-8-22(24(34)30-16)33-25(35)20-3-2-4-21(23(20)26(33)36)28-13-17-14-29-32(15-17)18-9-11-31(12-10-18)27(37)38-19-6-7-19/h2-4,14-15,18-19,22,28H,1,5-13H2,(H,30,34). The normalized spacial score (nSPS) is 21.9. The van der Waals surface area contributed by atoms with Gasteiger partial charge in [-0.25, -0.2) is 4.79 Å². The maximum atomic E-state index is 13.3. The highest BCUT2D eigenvalue weighted by Crippen LogP contribution is 2.33. The predicted octanol–water partition coefficient (Wildman–Crippen LogP) is 2.82. The molecule has 3 aliphatic heterocycles. The van der Waals surface area contributed by atoms with Crippen LogP contribution in [0.4, 0.5) is 10.5 Å². The van der Waals surface area contributed by atoms with Gasteiger partial charge >= 0.3 is 6.09 Å². The maximum absolute atomic E-state index is 13.3. The number of ether oxygens (including phenoxy) is 1. The highest BCUT2D eigenvalue weighted by Gasteiger charge is 2.45. The number of imide groups is 1. The zero-order valence-corrected chi connectivity index (χ0v) is 21.0. The Balaban J connectivity index is 1.09. The Morgan fingerprint density at radius 3 is 2.63 bits per heavy atom. The molecule has 2 N–H and O–H groups in total. The molecule has 4 amide bonds. The number of hydrogen-bond donors (Lipinski definition) is 2. The molecule has 11 heteroatoms. The molecular formula is C27H30N6O5. The molecule has 1 aromatic heterocycles. The summed E-state index contributed by atoms with van der Waals surface area (Å²) in [4.78, 5) is 53.9. The number of amides is 4. The average molecular weight is 519 g/mol. The van der Waals surface area contributed by atoms with Crippen LogP contribution in [0.2, 0.25) is 0 Å². The van der Waals surface area contributed by atoms with Crippen LogP contribution in [0.3, 0.4) is 0 Å². The first-order chi connectivity index (χ1) is 18.4. The Morgan fingerprint density at radius 1 is 1.11 bits per heavy atom. The topological polar surface area (TPSA) is 126 Å². The smallest absolute Gasteiger partial charge is 0.410 e. The summed E-state index contributed by atoms with van der Waals surface area (Å²) in [6, 6.07) is 4.45. The zero-order valence-electron chi connectivity index (χ0n) is 21.0. The van der Waals surface area contributed by atoms with Crippen molar-refractivity contribution in [2.75, 3.05) is 18.4 Å². The largest absolute Gasteiger partial charge is 0.446 e. The van der Waals surface area contributed by atoms with Gasteiger partial charge in [0.25, 0.3) is 11.8 Å². The number of benzene rings is 1. The van der Waals surface area contributed by atoms with Crippen LogP contribution in [-0.2, 0) is 16.1 Å². The van der Waals surface area contributed by atoms with E-state index in [1.54, 1.807) is 29.3 Å². The first-order valence-corrected chi connectivity index (χ1v) is 13.1. The summed E-state index contributed by atoms with van der Waals surface area (Å²) in [6.45, 7) is 5.45. The van der Waals surface area contributed by atoms with E-state index in [4.69, 9.17) is 4.74 Å². The summed E-state index contributed by atoms with van der Waals surface area (Å²) < 4.78 is 7.33. The van der Waals surface area contributed by atoms with Crippen LogP contribution in [0, 0.1) is 0 Å². The Morgan fingerprint density at radius 2 is 1.89 bits per heavy atom. The quantitative estimate of drug-likeness (QED) is 0.563. The first-order valence-electron chi connectivity index (χ1n) is 13.1. The molecule has 0 radical (unpaired) electrons. The molecule has 4 aliphatic rings. The zero-order chi connectivity index (χ0) is 26.4. The van der Waals surface area contributed by atoms with Crippen molar-refractivity contribution in [1.29, 1.82) is 0 Å². The monoisotopic (exact) mass is 518 g/mol. The number of carbonyl (C=O) groups excluding carboxylic acids is 4. The second-order valence-electron chi connectivity index (χ2n) is 10.3. The number of fused-ring (bicyclic) bond motifs is 1. The van der Waals surface area contributed by atoms with E-state index in [0.717, 1.165) is 36.1 Å². The van der Waals surface area contributed by atoms with E-state index in [9.17, 15) is 19.2 Å². The van der Waals surface area contributed by atoms with Gasteiger partial charge in [-0.2, -0.15) is 5.10 Å². The number of anilines is 1. The molecule has 1 aromatic carbocycles. The van der Waals surface area contributed by atoms with Crippen molar-refractivity contribution in [2.24, 2.45) is 0 Å². The van der Waals surface area contributed by atoms with Gasteiger partial charge in [-0.3, -0.25) is 24.0 Å². The van der Waals surface area contributed by atoms with Crippen LogP contribution < -0.4 is 10.6 Å². The molecule has 4 heterocycles. The lowest BCUT2D eigenvalue weighted by Gasteiger charge is -2.31. The Hall–Kier alpha value is -4.15. The molecule has 1 aliphatic carbocycles. The van der Waals surface area contributed by atoms with Gasteiger partial charge in [0.15, 0.2) is 0 Å². The first kappa shape index (κ1) is 24.2. The second kappa shape index (κ2) is 9.62. The Kier molecular flexibility index (Phi) is 6.13. The van der Waals surface area contributed by atoms with E-state index in [-0.39, 0.29) is 29.7 Å². The average Bonchev–Trinajstić information content (AvgIpc) is 3.53. The van der Waals surface area contributed by atoms with Crippen molar-refractivity contribution < 1.29 is 23.9 Å². The fraction of sp³-hybridized carbons (Fsp3) is 0.444. The maximum Gasteiger partial charge on any atom is 0.410 e. The Bertz CT molecular complexity index is 1320. The van der Waals surface area contributed by atoms with Crippen LogP contribution in [0.1, 0.15) is 70.8 Å². The van der Waals surface area contributed by atoms with Gasteiger partial charge in [-0.1, -0.05) is 12.6 Å². The third-order valence-corrected chi connectivity index (χ3v) is 7.61. The highest BCUT2D eigenvalue weighted by molar-refractivity contribution is 6.25. The number of rotatable bonds is 6. The van der Waals surface area contributed by atoms with E-state index >= 15 is 0 Å². The molecule has 2 aromatic rings. The lowest BCUT2D eigenvalue weighted by Crippen LogP contribution is -2.51. The number of carbonyl (C=O) groups is 4. The summed E-state index contributed by atoms with van der Waals surface area (Å²) in [6.07, 6.45) is 8.05. The highest BCUT2D eigenvalue weighted by atomic mass is 16.6. The van der Waals surface area contributed by atoms with Crippen molar-refractivity contribution in [2.45, 2.75) is 63.3 Å². The van der Waals surface area contributed by atoms with Gasteiger partial charge in [0.2, 0.25) is 5.91 Å². The molecule has 1 saturated carbocycles. The summed E-state index contributed by atoms with van der Waals surface area (Å²) in [5.74, 6) is -1.31. The van der Waals surface area contributed by atoms with E-state index < -0.39 is 17.9 Å². The molecule has 0 spiro atoms. The van der Waals surface area contributed by atoms with Gasteiger partial charge < -0.3 is 20.3 Å². The van der Waals surface area contributed by atoms with Crippen LogP contribution in [0.25, 0.3) is 0 Å². The van der Waals surface area contributed by atoms with Crippen LogP contribution in [0.5, 0.6) is 0 Å². The van der Waals surface area contributed by atoms with E-state index in [1.807, 2.05) is 10.9 Å². The fourth-order valence-corrected chi connectivity index (χ4v) is 5.32. The number of aromatic nitrogens is 2. The fourth-order valence-electron chi connectivity index (χ4n) is 5.32. The van der Waals surface area contributed by atoms with E-state index in [0.29, 0.717) is 49.4 Å². The van der Waals surface area contributed by atoms with Gasteiger partial charge in [-0.05, 0) is 50.7 Å². The van der Waals surface area contributed by atoms with Crippen molar-refractivity contribution >= 4 is 29.5 Å². The van der Waals surface area contributed by atoms with Crippen LogP contribution in [0.15, 0.2) is 42.9 Å². The SMILES string of the molecule is C=C1CCC(N2C(=O)c3cccc(NCc4cnn(C5CCN(C(=O)OC6CC6)CC5)c4)c3C2=O)C(=O)N1. The molecule has 1 unspecified atom stereocenters. The van der Waals surface area contributed by atoms with E-state index in [2.05, 4.69) is 22.3 Å². The molecule has 38 heavy (non-hydrogen) atoms. The molecule has 1 atom stereocenters. The molecule has 2 saturated heterocycles. The van der Waals surface area contributed by atoms with Crippen molar-refractivity contribution in [3.63, 3.8) is 0 Å². The molecule has 198 valence electrons. The lowest BCUT2D eigenvalue weighted by atomic mass is 10.0. The number of hydrogen-bond acceptors (Lipinski definition) is 7. The Labute approximate surface area is 219 Å². The number of piperidine rings is 2. The van der Waals surface area contributed by atoms with Gasteiger partial charge in [0.05, 0.1) is 23.4 Å². The number of likely N-dealkylation sites (tertiary alicyclic amines) is 1. The molecule has 3 fully saturated rings. The minimum Gasteiger partial charge on any atom is -0.446 e. The summed E-state index contributed by atoms with van der Waals surface area (Å²) in [5, 5.41) is 10.5. The second-order valence-corrected chi connectivity index (χ2v) is 10.3. The van der Waals surface area contributed by atoms with Crippen LogP contribution in [-0.4, -0.2) is 68.6 Å². The van der Waals surface area contributed by atoms with Crippen molar-refractivity contribution in [1.82, 2.24) is 24.9 Å². The molecule has 6 rings (SSSR count). The molecule has 0 bridgehead atoms. The minimum absolute atomic E-state index is 0.107. The van der Waals surface area contributed by atoms with Gasteiger partial charge in [-0.15, -0.1) is 0 Å². The summed E-state index contributed by atoms with van der Waals surface area (Å²) >= 11 is 0. The molecular weight excluding hydrogens is 488 g/mol. The summed E-state index contributed by atoms with van der Waals surface area (Å²) in [7, 11) is 0. The van der Waals surface area contributed by atoms with Crippen molar-refractivity contribution in [3.05, 3.63) is 59.6 Å². The predicted molar refractivity (Wildman–Crippen MR) is 136 cm³/mol. The molecule has 11 nitrogen and oxygen atoms in total. The number of nitrogens with one attached hydrogen (secondary N) is 2. The number of nitrogens with zero attached hydrogens (tertiary/aromatic N) is 4. The van der Waals surface area contributed by atoms with Crippen molar-refractivity contribution in [3.8, 4) is 0 Å². The number of allylic oxidation sites excluding steroid dienone is 1. The third-order valence-electron chi connectivity index (χ3n) is 7.61. The lowest BCUT2D eigenvalue weighted by molar-refractivity contribution is -0.125. The van der Waals surface area contributed by atoms with Gasteiger partial charge in [0, 0.05) is 42.8 Å². The minimum atomic E-state index is -0.846. The third kappa shape index (κ3) is 4.52. The summed E-state index contributed by atoms with van der Waals surface area (Å²) in [5.41, 5.74) is 2.64. The van der Waals surface area contributed by atoms with Crippen LogP contribution >= 0.6 is 0 Å². The van der Waals surface area contributed by atoms with Gasteiger partial charge in [0.1, 0.15) is 12.1 Å². The van der Waals surface area contributed by atoms with E-state index in [1.165, 1.54) is 0 Å².